The van der Waals surface area contributed by atoms with Gasteiger partial charge in [0.15, 0.2) is 0 Å². The standard InChI is InChI=1S/C19H28N2O4S/c1-10-15-14(11(2)22)18(23)21(15)16(19(24)25)17(10)26-13-8-20(9-13)12-6-4-3-5-7-12/h10-15,22H,3-9H2,1-2H3,(H,24,25)/t10-,11-,14-,15-/m1/s1. The van der Waals surface area contributed by atoms with E-state index in [4.69, 9.17) is 0 Å². The number of hydrogen-bond acceptors (Lipinski definition) is 5. The van der Waals surface area contributed by atoms with Crippen LogP contribution in [0.15, 0.2) is 10.6 Å². The normalized spacial score (nSPS) is 34.5. The number of carbonyl (C=O) groups excluding carboxylic acids is 1. The van der Waals surface area contributed by atoms with Crippen LogP contribution >= 0.6 is 11.8 Å². The summed E-state index contributed by atoms with van der Waals surface area (Å²) in [5, 5.41) is 20.0. The van der Waals surface area contributed by atoms with E-state index in [-0.39, 0.29) is 23.6 Å². The minimum atomic E-state index is -1.03. The first-order valence-corrected chi connectivity index (χ1v) is 10.7. The van der Waals surface area contributed by atoms with Gasteiger partial charge in [-0.2, -0.15) is 0 Å². The fourth-order valence-corrected chi connectivity index (χ4v) is 6.69. The molecule has 1 saturated carbocycles. The van der Waals surface area contributed by atoms with Crippen molar-refractivity contribution in [2.45, 2.75) is 69.4 Å². The van der Waals surface area contributed by atoms with Gasteiger partial charge in [-0.15, -0.1) is 11.8 Å². The molecule has 0 aromatic heterocycles. The number of hydrogen-bond donors (Lipinski definition) is 2. The van der Waals surface area contributed by atoms with Crippen LogP contribution in [0, 0.1) is 11.8 Å². The molecule has 0 radical (unpaired) electrons. The number of aliphatic hydroxyl groups is 1. The molecule has 4 rings (SSSR count). The molecule has 0 aromatic rings. The number of carbonyl (C=O) groups is 2. The van der Waals surface area contributed by atoms with Gasteiger partial charge in [-0.1, -0.05) is 26.2 Å². The summed E-state index contributed by atoms with van der Waals surface area (Å²) < 4.78 is 0. The lowest BCUT2D eigenvalue weighted by molar-refractivity contribution is -0.163. The van der Waals surface area contributed by atoms with Crippen molar-refractivity contribution in [1.29, 1.82) is 0 Å². The van der Waals surface area contributed by atoms with E-state index in [1.54, 1.807) is 18.7 Å². The van der Waals surface area contributed by atoms with Crippen LogP contribution in [0.5, 0.6) is 0 Å². The van der Waals surface area contributed by atoms with Crippen molar-refractivity contribution in [3.05, 3.63) is 10.6 Å². The zero-order valence-electron chi connectivity index (χ0n) is 15.4. The number of aliphatic hydroxyl groups excluding tert-OH is 1. The second-order valence-electron chi connectivity index (χ2n) is 8.26. The van der Waals surface area contributed by atoms with Crippen LogP contribution in [-0.2, 0) is 9.59 Å². The van der Waals surface area contributed by atoms with Crippen LogP contribution in [0.3, 0.4) is 0 Å². The van der Waals surface area contributed by atoms with Gasteiger partial charge in [0.2, 0.25) is 5.91 Å². The zero-order valence-corrected chi connectivity index (χ0v) is 16.2. The van der Waals surface area contributed by atoms with Crippen molar-refractivity contribution >= 4 is 23.6 Å². The highest BCUT2D eigenvalue weighted by atomic mass is 32.2. The van der Waals surface area contributed by atoms with Crippen molar-refractivity contribution in [2.24, 2.45) is 11.8 Å². The van der Waals surface area contributed by atoms with Gasteiger partial charge in [0.1, 0.15) is 5.70 Å². The van der Waals surface area contributed by atoms with E-state index in [1.165, 1.54) is 37.0 Å². The zero-order chi connectivity index (χ0) is 18.6. The fraction of sp³-hybridized carbons (Fsp3) is 0.789. The summed E-state index contributed by atoms with van der Waals surface area (Å²) in [6.45, 7) is 5.63. The quantitative estimate of drug-likeness (QED) is 0.709. The summed E-state index contributed by atoms with van der Waals surface area (Å²) in [4.78, 5) is 29.0. The minimum Gasteiger partial charge on any atom is -0.477 e. The Morgan fingerprint density at radius 1 is 1.23 bits per heavy atom. The number of β-lactam (4-membered cyclic amide) rings is 1. The Morgan fingerprint density at radius 2 is 1.88 bits per heavy atom. The van der Waals surface area contributed by atoms with Crippen LogP contribution in [0.4, 0.5) is 0 Å². The Bertz CT molecular complexity index is 637. The molecule has 6 nitrogen and oxygen atoms in total. The number of thioether (sulfide) groups is 1. The van der Waals surface area contributed by atoms with Crippen LogP contribution in [0.1, 0.15) is 46.0 Å². The number of carboxylic acid groups (broad SMARTS) is 1. The lowest BCUT2D eigenvalue weighted by Gasteiger charge is -2.46. The van der Waals surface area contributed by atoms with Crippen molar-refractivity contribution < 1.29 is 19.8 Å². The Morgan fingerprint density at radius 3 is 2.46 bits per heavy atom. The third kappa shape index (κ3) is 2.79. The molecule has 7 heteroatoms. The highest BCUT2D eigenvalue weighted by Crippen LogP contribution is 2.52. The summed E-state index contributed by atoms with van der Waals surface area (Å²) >= 11 is 1.65. The van der Waals surface area contributed by atoms with Crippen molar-refractivity contribution in [2.75, 3.05) is 13.1 Å². The summed E-state index contributed by atoms with van der Waals surface area (Å²) in [5.41, 5.74) is 0.158. The number of rotatable bonds is 5. The van der Waals surface area contributed by atoms with E-state index < -0.39 is 18.0 Å². The van der Waals surface area contributed by atoms with Crippen LogP contribution < -0.4 is 0 Å². The largest absolute Gasteiger partial charge is 0.477 e. The van der Waals surface area contributed by atoms with Gasteiger partial charge in [-0.05, 0) is 19.8 Å². The Balaban J connectivity index is 1.44. The fourth-order valence-electron chi connectivity index (χ4n) is 5.15. The molecule has 4 atom stereocenters. The SMILES string of the molecule is C[C@@H](O)[C@H]1C(=O)N2C(C(=O)O)=C(SC3CN(C4CCCCC4)C3)[C@H](C)[C@H]12. The number of aliphatic carboxylic acids is 1. The molecular weight excluding hydrogens is 352 g/mol. The highest BCUT2D eigenvalue weighted by Gasteiger charge is 2.60. The molecule has 0 aromatic carbocycles. The molecule has 4 aliphatic rings. The molecule has 2 saturated heterocycles. The van der Waals surface area contributed by atoms with Crippen molar-refractivity contribution in [3.8, 4) is 0 Å². The molecular formula is C19H28N2O4S. The Kier molecular flexibility index (Phi) is 4.82. The molecule has 3 aliphatic heterocycles. The lowest BCUT2D eigenvalue weighted by atomic mass is 9.79. The summed E-state index contributed by atoms with van der Waals surface area (Å²) in [5.74, 6) is -1.77. The second-order valence-corrected chi connectivity index (χ2v) is 9.60. The maximum Gasteiger partial charge on any atom is 0.353 e. The highest BCUT2D eigenvalue weighted by molar-refractivity contribution is 8.03. The van der Waals surface area contributed by atoms with E-state index in [9.17, 15) is 19.8 Å². The third-order valence-corrected chi connectivity index (χ3v) is 8.02. The number of nitrogens with zero attached hydrogens (tertiary/aromatic N) is 2. The third-order valence-electron chi connectivity index (χ3n) is 6.57. The molecule has 0 spiro atoms. The monoisotopic (exact) mass is 380 g/mol. The van der Waals surface area contributed by atoms with E-state index in [0.29, 0.717) is 11.3 Å². The van der Waals surface area contributed by atoms with Crippen molar-refractivity contribution in [3.63, 3.8) is 0 Å². The first kappa shape index (κ1) is 18.3. The number of fused-ring (bicyclic) bond motifs is 1. The van der Waals surface area contributed by atoms with Gasteiger partial charge in [0.05, 0.1) is 18.1 Å². The predicted octanol–water partition coefficient (Wildman–Crippen LogP) is 1.89. The van der Waals surface area contributed by atoms with E-state index in [1.807, 2.05) is 6.92 Å². The number of carboxylic acids is 1. The lowest BCUT2D eigenvalue weighted by Crippen LogP contribution is -2.63. The molecule has 3 fully saturated rings. The summed E-state index contributed by atoms with van der Waals surface area (Å²) in [7, 11) is 0. The first-order chi connectivity index (χ1) is 12.4. The summed E-state index contributed by atoms with van der Waals surface area (Å²) in [6, 6.07) is 0.501. The molecule has 2 N–H and O–H groups in total. The smallest absolute Gasteiger partial charge is 0.353 e. The van der Waals surface area contributed by atoms with Gasteiger partial charge in [0, 0.05) is 35.2 Å². The second kappa shape index (κ2) is 6.84. The topological polar surface area (TPSA) is 81.1 Å². The molecule has 26 heavy (non-hydrogen) atoms. The van der Waals surface area contributed by atoms with Gasteiger partial charge < -0.3 is 15.1 Å². The number of amides is 1. The average molecular weight is 381 g/mol. The summed E-state index contributed by atoms with van der Waals surface area (Å²) in [6.07, 6.45) is 5.84. The molecule has 1 aliphatic carbocycles. The van der Waals surface area contributed by atoms with Gasteiger partial charge >= 0.3 is 5.97 Å². The maximum atomic E-state index is 12.4. The van der Waals surface area contributed by atoms with Crippen LogP contribution in [0.2, 0.25) is 0 Å². The van der Waals surface area contributed by atoms with E-state index >= 15 is 0 Å². The molecule has 0 bridgehead atoms. The maximum absolute atomic E-state index is 12.4. The Labute approximate surface area is 158 Å². The van der Waals surface area contributed by atoms with Crippen LogP contribution in [-0.4, -0.2) is 68.4 Å². The first-order valence-electron chi connectivity index (χ1n) is 9.79. The van der Waals surface area contributed by atoms with Gasteiger partial charge in [-0.25, -0.2) is 4.79 Å². The van der Waals surface area contributed by atoms with E-state index in [0.717, 1.165) is 18.0 Å². The van der Waals surface area contributed by atoms with Crippen LogP contribution in [0.25, 0.3) is 0 Å². The van der Waals surface area contributed by atoms with Gasteiger partial charge in [-0.3, -0.25) is 9.69 Å². The minimum absolute atomic E-state index is 0.0212. The molecule has 1 amide bonds. The number of likely N-dealkylation sites (tertiary alicyclic amines) is 1. The predicted molar refractivity (Wildman–Crippen MR) is 99.5 cm³/mol. The van der Waals surface area contributed by atoms with Crippen molar-refractivity contribution in [1.82, 2.24) is 9.80 Å². The molecule has 3 heterocycles. The Hall–Kier alpha value is -1.05. The van der Waals surface area contributed by atoms with E-state index in [2.05, 4.69) is 4.90 Å². The molecule has 0 unspecified atom stereocenters. The van der Waals surface area contributed by atoms with Gasteiger partial charge in [0.25, 0.3) is 0 Å². The average Bonchev–Trinajstić information content (AvgIpc) is 2.80. The molecule has 144 valence electrons.